The molecule has 1 amide bonds. The van der Waals surface area contributed by atoms with Crippen LogP contribution in [0.2, 0.25) is 0 Å². The summed E-state index contributed by atoms with van der Waals surface area (Å²) in [6, 6.07) is 6.02. The average molecular weight is 719 g/mol. The quantitative estimate of drug-likeness (QED) is 0.196. The monoisotopic (exact) mass is 718 g/mol. The highest BCUT2D eigenvalue weighted by molar-refractivity contribution is 6.06. The van der Waals surface area contributed by atoms with Crippen LogP contribution in [-0.2, 0) is 9.53 Å². The Labute approximate surface area is 300 Å². The lowest BCUT2D eigenvalue weighted by Gasteiger charge is -2.54. The number of ether oxygens (including phenoxy) is 2. The van der Waals surface area contributed by atoms with Crippen molar-refractivity contribution in [1.29, 1.82) is 0 Å². The summed E-state index contributed by atoms with van der Waals surface area (Å²) in [4.78, 5) is 30.8. The molecule has 0 bridgehead atoms. The second kappa shape index (κ2) is 13.2. The van der Waals surface area contributed by atoms with Crippen molar-refractivity contribution in [2.24, 2.45) is 5.41 Å². The van der Waals surface area contributed by atoms with Gasteiger partial charge < -0.3 is 24.2 Å². The van der Waals surface area contributed by atoms with Crippen molar-refractivity contribution in [3.8, 4) is 16.9 Å². The van der Waals surface area contributed by atoms with Crippen LogP contribution in [0.4, 0.5) is 24.9 Å². The number of aryl methyl sites for hydroxylation is 1. The Morgan fingerprint density at radius 1 is 1.13 bits per heavy atom. The van der Waals surface area contributed by atoms with Crippen LogP contribution in [-0.4, -0.2) is 121 Å². The van der Waals surface area contributed by atoms with E-state index in [1.807, 2.05) is 35.9 Å². The van der Waals surface area contributed by atoms with Gasteiger partial charge in [0.05, 0.1) is 17.8 Å². The van der Waals surface area contributed by atoms with Gasteiger partial charge in [0.1, 0.15) is 11.3 Å². The van der Waals surface area contributed by atoms with Gasteiger partial charge in [-0.2, -0.15) is 23.3 Å². The zero-order valence-corrected chi connectivity index (χ0v) is 29.9. The summed E-state index contributed by atoms with van der Waals surface area (Å²) in [5.41, 5.74) is 4.51. The standard InChI is InChI=1S/C38H45F3N8O3/c1-5-30(50)49-20-37(21-49)10-12-48(13-11-37)35-27-16-26(24-7-8-24)32(31-23(2)6-9-29-28(31)17-42-45-29)34(52-22-38(39,40)41)33(27)43-36(44-35)46(3)14-15-47-18-25(19-47)51-4/h5-6,9,16-17,24-25H,1,7-8,10-15,18-22H2,2-4H3,(H,42,45). The number of aromatic amines is 1. The number of nitrogens with zero attached hydrogens (tertiary/aromatic N) is 7. The fourth-order valence-electron chi connectivity index (χ4n) is 8.17. The number of carbonyl (C=O) groups excluding carboxylic acids is 1. The second-order valence-corrected chi connectivity index (χ2v) is 15.1. The van der Waals surface area contributed by atoms with Gasteiger partial charge >= 0.3 is 6.18 Å². The van der Waals surface area contributed by atoms with Crippen LogP contribution >= 0.6 is 0 Å². The minimum atomic E-state index is -4.56. The molecule has 1 spiro atoms. The maximum atomic E-state index is 14.1. The van der Waals surface area contributed by atoms with Crippen LogP contribution in [0, 0.1) is 12.3 Å². The third kappa shape index (κ3) is 6.44. The average Bonchev–Trinajstić information content (AvgIpc) is 3.83. The summed E-state index contributed by atoms with van der Waals surface area (Å²) >= 11 is 0. The lowest BCUT2D eigenvalue weighted by atomic mass is 9.72. The van der Waals surface area contributed by atoms with Gasteiger partial charge in [-0.3, -0.25) is 14.8 Å². The van der Waals surface area contributed by atoms with Crippen molar-refractivity contribution in [3.05, 3.63) is 48.2 Å². The van der Waals surface area contributed by atoms with Crippen LogP contribution in [0.1, 0.15) is 42.7 Å². The third-order valence-electron chi connectivity index (χ3n) is 11.4. The summed E-state index contributed by atoms with van der Waals surface area (Å²) in [7, 11) is 3.65. The number of methoxy groups -OCH3 is 1. The number of likely N-dealkylation sites (tertiary alicyclic amines) is 2. The van der Waals surface area contributed by atoms with Crippen LogP contribution in [0.3, 0.4) is 0 Å². The molecule has 3 saturated heterocycles. The Bertz CT molecular complexity index is 2010. The summed E-state index contributed by atoms with van der Waals surface area (Å²) in [6.07, 6.45) is 2.36. The number of hydrogen-bond donors (Lipinski definition) is 1. The van der Waals surface area contributed by atoms with Gasteiger partial charge in [0.2, 0.25) is 11.9 Å². The molecule has 0 atom stereocenters. The molecule has 1 aliphatic carbocycles. The van der Waals surface area contributed by atoms with E-state index in [9.17, 15) is 18.0 Å². The molecule has 1 N–H and O–H groups in total. The first-order valence-corrected chi connectivity index (χ1v) is 18.1. The Balaban J connectivity index is 1.26. The summed E-state index contributed by atoms with van der Waals surface area (Å²) in [6.45, 7) is 10.0. The molecule has 4 aromatic rings. The maximum Gasteiger partial charge on any atom is 0.422 e. The van der Waals surface area contributed by atoms with E-state index in [2.05, 4.69) is 32.6 Å². The topological polar surface area (TPSA) is 103 Å². The zero-order valence-electron chi connectivity index (χ0n) is 29.9. The molecule has 1 saturated carbocycles. The van der Waals surface area contributed by atoms with Gasteiger partial charge in [-0.1, -0.05) is 12.6 Å². The number of aromatic nitrogens is 4. The summed E-state index contributed by atoms with van der Waals surface area (Å²) in [5, 5.41) is 8.82. The number of piperidine rings is 1. The highest BCUT2D eigenvalue weighted by atomic mass is 19.4. The van der Waals surface area contributed by atoms with Gasteiger partial charge in [0, 0.05) is 88.3 Å². The van der Waals surface area contributed by atoms with Crippen molar-refractivity contribution in [1.82, 2.24) is 30.0 Å². The van der Waals surface area contributed by atoms with Crippen molar-refractivity contribution >= 4 is 39.5 Å². The molecular formula is C38H45F3N8O3. The number of hydrogen-bond acceptors (Lipinski definition) is 9. The van der Waals surface area contributed by atoms with E-state index >= 15 is 0 Å². The molecule has 8 rings (SSSR count). The SMILES string of the molecule is C=CC(=O)N1CC2(CCN(c3nc(N(C)CCN4CC(OC)C4)nc4c(OCC(F)(F)F)c(-c5c(C)ccc6[nH]ncc56)c(C5CC5)cc34)CC2)C1. The van der Waals surface area contributed by atoms with E-state index in [1.165, 1.54) is 6.08 Å². The number of alkyl halides is 3. The Morgan fingerprint density at radius 2 is 1.88 bits per heavy atom. The van der Waals surface area contributed by atoms with Gasteiger partial charge in [0.25, 0.3) is 0 Å². The second-order valence-electron chi connectivity index (χ2n) is 15.1. The van der Waals surface area contributed by atoms with Crippen molar-refractivity contribution in [2.75, 3.05) is 82.9 Å². The largest absolute Gasteiger partial charge is 0.481 e. The first kappa shape index (κ1) is 34.6. The smallest absolute Gasteiger partial charge is 0.422 e. The molecular weight excluding hydrogens is 673 g/mol. The van der Waals surface area contributed by atoms with E-state index in [0.29, 0.717) is 61.0 Å². The third-order valence-corrected chi connectivity index (χ3v) is 11.4. The van der Waals surface area contributed by atoms with Gasteiger partial charge in [-0.15, -0.1) is 0 Å². The fraction of sp³-hybridized carbons (Fsp3) is 0.526. The number of amides is 1. The molecule has 2 aromatic heterocycles. The first-order valence-electron chi connectivity index (χ1n) is 18.1. The number of rotatable bonds is 11. The van der Waals surface area contributed by atoms with Crippen LogP contribution in [0.5, 0.6) is 5.75 Å². The van der Waals surface area contributed by atoms with Crippen molar-refractivity contribution < 1.29 is 27.4 Å². The highest BCUT2D eigenvalue weighted by Gasteiger charge is 2.46. The Morgan fingerprint density at radius 3 is 2.56 bits per heavy atom. The predicted molar refractivity (Wildman–Crippen MR) is 194 cm³/mol. The van der Waals surface area contributed by atoms with E-state index in [0.717, 1.165) is 72.9 Å². The van der Waals surface area contributed by atoms with Crippen molar-refractivity contribution in [2.45, 2.75) is 50.8 Å². The van der Waals surface area contributed by atoms with Crippen LogP contribution < -0.4 is 14.5 Å². The zero-order chi connectivity index (χ0) is 36.4. The number of likely N-dealkylation sites (N-methyl/N-ethyl adjacent to an activating group) is 1. The number of carbonyl (C=O) groups is 1. The lowest BCUT2D eigenvalue weighted by Crippen LogP contribution is -2.61. The number of H-pyrrole nitrogens is 1. The summed E-state index contributed by atoms with van der Waals surface area (Å²) in [5.74, 6) is 1.38. The van der Waals surface area contributed by atoms with E-state index < -0.39 is 12.8 Å². The van der Waals surface area contributed by atoms with E-state index in [4.69, 9.17) is 19.4 Å². The van der Waals surface area contributed by atoms with E-state index in [-0.39, 0.29) is 29.1 Å². The lowest BCUT2D eigenvalue weighted by molar-refractivity contribution is -0.153. The molecule has 0 radical (unpaired) electrons. The Hall–Kier alpha value is -4.43. The number of nitrogens with one attached hydrogen (secondary N) is 1. The molecule has 14 heteroatoms. The van der Waals surface area contributed by atoms with E-state index in [1.54, 1.807) is 13.3 Å². The molecule has 11 nitrogen and oxygen atoms in total. The maximum absolute atomic E-state index is 14.1. The van der Waals surface area contributed by atoms with Crippen LogP contribution in [0.15, 0.2) is 37.1 Å². The molecule has 4 aliphatic rings. The molecule has 276 valence electrons. The van der Waals surface area contributed by atoms with Crippen molar-refractivity contribution in [3.63, 3.8) is 0 Å². The van der Waals surface area contributed by atoms with Crippen LogP contribution in [0.25, 0.3) is 32.9 Å². The molecule has 52 heavy (non-hydrogen) atoms. The molecule has 2 aromatic carbocycles. The normalized spacial score (nSPS) is 19.3. The molecule has 4 fully saturated rings. The number of fused-ring (bicyclic) bond motifs is 2. The minimum absolute atomic E-state index is 0.0447. The minimum Gasteiger partial charge on any atom is -0.481 e. The summed E-state index contributed by atoms with van der Waals surface area (Å²) < 4.78 is 53.6. The van der Waals surface area contributed by atoms with Gasteiger partial charge in [-0.25, -0.2) is 4.98 Å². The predicted octanol–water partition coefficient (Wildman–Crippen LogP) is 5.68. The fourth-order valence-corrected chi connectivity index (χ4v) is 8.17. The number of benzene rings is 2. The molecule has 0 unspecified atom stereocenters. The Kier molecular flexibility index (Phi) is 8.80. The number of halogens is 3. The van der Waals surface area contributed by atoms with Gasteiger partial charge in [-0.05, 0) is 73.4 Å². The molecule has 5 heterocycles. The number of anilines is 2. The first-order chi connectivity index (χ1) is 25.0. The molecule has 3 aliphatic heterocycles. The highest BCUT2D eigenvalue weighted by Crippen LogP contribution is 2.53. The van der Waals surface area contributed by atoms with Gasteiger partial charge in [0.15, 0.2) is 12.4 Å².